The van der Waals surface area contributed by atoms with Crippen LogP contribution in [0.4, 0.5) is 8.78 Å². The molecular formula is C11H20F2I2O2. The number of ether oxygens (including phenoxy) is 2. The first-order chi connectivity index (χ1) is 7.91. The standard InChI is InChI=1S/C11H20F2I2O2/c1-3-16-7-9(14)5-11(12,13)6-10(15)8-17-4-2/h9-10H,3-8H2,1-2H3. The maximum atomic E-state index is 13.7. The fourth-order valence-electron chi connectivity index (χ4n) is 1.34. The van der Waals surface area contributed by atoms with Crippen molar-refractivity contribution in [1.82, 2.24) is 0 Å². The molecule has 6 heteroatoms. The minimum absolute atomic E-state index is 0.126. The molecule has 0 aliphatic carbocycles. The van der Waals surface area contributed by atoms with Gasteiger partial charge in [-0.15, -0.1) is 0 Å². The monoisotopic (exact) mass is 476 g/mol. The van der Waals surface area contributed by atoms with Gasteiger partial charge in [0.1, 0.15) is 0 Å². The van der Waals surface area contributed by atoms with Crippen LogP contribution in [0.5, 0.6) is 0 Å². The highest BCUT2D eigenvalue weighted by Gasteiger charge is 2.34. The number of hydrogen-bond donors (Lipinski definition) is 0. The van der Waals surface area contributed by atoms with Gasteiger partial charge in [-0.25, -0.2) is 8.78 Å². The zero-order valence-corrected chi connectivity index (χ0v) is 14.5. The molecule has 104 valence electrons. The van der Waals surface area contributed by atoms with Crippen LogP contribution in [0.1, 0.15) is 26.7 Å². The summed E-state index contributed by atoms with van der Waals surface area (Å²) in [5.41, 5.74) is 0. The Bertz CT molecular complexity index is 176. The summed E-state index contributed by atoms with van der Waals surface area (Å²) in [6, 6.07) is 0. The molecule has 0 rings (SSSR count). The Balaban J connectivity index is 3.91. The molecule has 0 N–H and O–H groups in total. The van der Waals surface area contributed by atoms with Crippen LogP contribution in [0.3, 0.4) is 0 Å². The highest BCUT2D eigenvalue weighted by molar-refractivity contribution is 14.1. The molecule has 2 unspecified atom stereocenters. The van der Waals surface area contributed by atoms with Crippen LogP contribution in [0, 0.1) is 0 Å². The largest absolute Gasteiger partial charge is 0.381 e. The van der Waals surface area contributed by atoms with Crippen molar-refractivity contribution in [2.45, 2.75) is 40.5 Å². The number of rotatable bonds is 10. The zero-order valence-electron chi connectivity index (χ0n) is 10.2. The lowest BCUT2D eigenvalue weighted by atomic mass is 10.1. The Morgan fingerprint density at radius 3 is 1.59 bits per heavy atom. The topological polar surface area (TPSA) is 18.5 Å². The third-order valence-electron chi connectivity index (χ3n) is 2.05. The molecule has 0 aromatic heterocycles. The van der Waals surface area contributed by atoms with E-state index in [9.17, 15) is 8.78 Å². The van der Waals surface area contributed by atoms with Crippen molar-refractivity contribution in [2.75, 3.05) is 26.4 Å². The van der Waals surface area contributed by atoms with Gasteiger partial charge in [0.25, 0.3) is 0 Å². The average Bonchev–Trinajstić information content (AvgIpc) is 2.22. The van der Waals surface area contributed by atoms with Gasteiger partial charge in [0.2, 0.25) is 5.92 Å². The third kappa shape index (κ3) is 10.8. The summed E-state index contributed by atoms with van der Waals surface area (Å²) < 4.78 is 37.3. The van der Waals surface area contributed by atoms with Gasteiger partial charge in [0.15, 0.2) is 0 Å². The summed E-state index contributed by atoms with van der Waals surface area (Å²) in [5.74, 6) is -2.63. The first kappa shape index (κ1) is 18.2. The lowest BCUT2D eigenvalue weighted by Crippen LogP contribution is -2.28. The second-order valence-corrected chi connectivity index (χ2v) is 7.30. The van der Waals surface area contributed by atoms with Crippen LogP contribution in [-0.4, -0.2) is 40.2 Å². The summed E-state index contributed by atoms with van der Waals surface area (Å²) in [6.07, 6.45) is -0.252. The van der Waals surface area contributed by atoms with Crippen molar-refractivity contribution < 1.29 is 18.3 Å². The molecule has 0 aliphatic heterocycles. The van der Waals surface area contributed by atoms with E-state index in [1.165, 1.54) is 0 Å². The predicted octanol–water partition coefficient (Wildman–Crippen LogP) is 4.08. The molecule has 17 heavy (non-hydrogen) atoms. The molecule has 0 spiro atoms. The normalized spacial score (nSPS) is 15.9. The number of hydrogen-bond acceptors (Lipinski definition) is 2. The van der Waals surface area contributed by atoms with Crippen molar-refractivity contribution in [3.05, 3.63) is 0 Å². The third-order valence-corrected chi connectivity index (χ3v) is 3.65. The second kappa shape index (κ2) is 10.1. The van der Waals surface area contributed by atoms with Gasteiger partial charge in [0.05, 0.1) is 13.2 Å². The van der Waals surface area contributed by atoms with Crippen molar-refractivity contribution >= 4 is 45.2 Å². The Labute approximate surface area is 129 Å². The number of halogens is 4. The molecule has 0 heterocycles. The Kier molecular flexibility index (Phi) is 10.8. The van der Waals surface area contributed by atoms with Crippen LogP contribution in [0.2, 0.25) is 0 Å². The van der Waals surface area contributed by atoms with Gasteiger partial charge < -0.3 is 9.47 Å². The van der Waals surface area contributed by atoms with Crippen LogP contribution < -0.4 is 0 Å². The van der Waals surface area contributed by atoms with Crippen molar-refractivity contribution in [1.29, 1.82) is 0 Å². The number of alkyl halides is 4. The Hall–Kier alpha value is 1.24. The minimum Gasteiger partial charge on any atom is -0.381 e. The quantitative estimate of drug-likeness (QED) is 0.350. The molecule has 0 saturated carbocycles. The van der Waals surface area contributed by atoms with Crippen molar-refractivity contribution in [3.8, 4) is 0 Å². The van der Waals surface area contributed by atoms with E-state index in [0.29, 0.717) is 26.4 Å². The van der Waals surface area contributed by atoms with Gasteiger partial charge in [-0.05, 0) is 13.8 Å². The van der Waals surface area contributed by atoms with E-state index in [1.54, 1.807) is 0 Å². The molecule has 0 bridgehead atoms. The van der Waals surface area contributed by atoms with E-state index in [4.69, 9.17) is 9.47 Å². The van der Waals surface area contributed by atoms with Crippen molar-refractivity contribution in [2.24, 2.45) is 0 Å². The van der Waals surface area contributed by atoms with Gasteiger partial charge >= 0.3 is 0 Å². The van der Waals surface area contributed by atoms with Gasteiger partial charge in [-0.1, -0.05) is 45.2 Å². The van der Waals surface area contributed by atoms with Crippen LogP contribution in [0.15, 0.2) is 0 Å². The molecule has 2 nitrogen and oxygen atoms in total. The summed E-state index contributed by atoms with van der Waals surface area (Å²) in [4.78, 5) is 0. The SMILES string of the molecule is CCOCC(I)CC(F)(F)CC(I)COCC. The van der Waals surface area contributed by atoms with E-state index >= 15 is 0 Å². The molecule has 0 aromatic carbocycles. The summed E-state index contributed by atoms with van der Waals surface area (Å²) in [7, 11) is 0. The second-order valence-electron chi connectivity index (χ2n) is 3.78. The highest BCUT2D eigenvalue weighted by Crippen LogP contribution is 2.31. The van der Waals surface area contributed by atoms with E-state index in [1.807, 2.05) is 59.0 Å². The zero-order chi connectivity index (χ0) is 13.3. The van der Waals surface area contributed by atoms with Crippen LogP contribution in [0.25, 0.3) is 0 Å². The predicted molar refractivity (Wildman–Crippen MR) is 82.8 cm³/mol. The van der Waals surface area contributed by atoms with E-state index < -0.39 is 5.92 Å². The molecule has 0 amide bonds. The van der Waals surface area contributed by atoms with E-state index in [2.05, 4.69) is 0 Å². The van der Waals surface area contributed by atoms with Crippen LogP contribution >= 0.6 is 45.2 Å². The molecule has 0 saturated heterocycles. The first-order valence-corrected chi connectivity index (χ1v) is 8.21. The van der Waals surface area contributed by atoms with Gasteiger partial charge in [-0.3, -0.25) is 0 Å². The molecule has 0 radical (unpaired) electrons. The molecule has 2 atom stereocenters. The van der Waals surface area contributed by atoms with Crippen molar-refractivity contribution in [3.63, 3.8) is 0 Å². The lowest BCUT2D eigenvalue weighted by molar-refractivity contribution is -0.0248. The Morgan fingerprint density at radius 1 is 0.941 bits per heavy atom. The van der Waals surface area contributed by atoms with E-state index in [0.717, 1.165) is 0 Å². The van der Waals surface area contributed by atoms with Gasteiger partial charge in [-0.2, -0.15) is 0 Å². The minimum atomic E-state index is -2.63. The van der Waals surface area contributed by atoms with Crippen LogP contribution in [-0.2, 0) is 9.47 Å². The maximum absolute atomic E-state index is 13.7. The smallest absolute Gasteiger partial charge is 0.250 e. The summed E-state index contributed by atoms with van der Waals surface area (Å²) >= 11 is 4.05. The van der Waals surface area contributed by atoms with Gasteiger partial charge in [0, 0.05) is 33.9 Å². The first-order valence-electron chi connectivity index (χ1n) is 5.72. The average molecular weight is 476 g/mol. The Morgan fingerprint density at radius 2 is 1.29 bits per heavy atom. The highest BCUT2D eigenvalue weighted by atomic mass is 127. The maximum Gasteiger partial charge on any atom is 0.250 e. The summed E-state index contributed by atoms with van der Waals surface area (Å²) in [6.45, 7) is 5.66. The molecular weight excluding hydrogens is 456 g/mol. The fraction of sp³-hybridized carbons (Fsp3) is 1.00. The summed E-state index contributed by atoms with van der Waals surface area (Å²) in [5, 5.41) is 0. The molecule has 0 aliphatic rings. The molecule has 0 fully saturated rings. The lowest BCUT2D eigenvalue weighted by Gasteiger charge is -2.22. The molecule has 0 aromatic rings. The van der Waals surface area contributed by atoms with E-state index in [-0.39, 0.29) is 20.7 Å². The fourth-order valence-corrected chi connectivity index (χ4v) is 3.14.